The maximum atomic E-state index is 13.2. The molecule has 30 heavy (non-hydrogen) atoms. The van der Waals surface area contributed by atoms with Crippen molar-refractivity contribution in [1.82, 2.24) is 15.6 Å². The van der Waals surface area contributed by atoms with E-state index in [1.54, 1.807) is 13.0 Å². The van der Waals surface area contributed by atoms with Crippen molar-refractivity contribution in [3.05, 3.63) is 77.5 Å². The van der Waals surface area contributed by atoms with Crippen LogP contribution in [0.5, 0.6) is 0 Å². The molecule has 0 radical (unpaired) electrons. The monoisotopic (exact) mass is 412 g/mol. The Morgan fingerprint density at radius 1 is 1.03 bits per heavy atom. The molecule has 6 nitrogen and oxygen atoms in total. The Kier molecular flexibility index (Phi) is 4.86. The molecule has 2 heterocycles. The lowest BCUT2D eigenvalue weighted by Gasteiger charge is -2.15. The van der Waals surface area contributed by atoms with E-state index in [9.17, 15) is 18.0 Å². The van der Waals surface area contributed by atoms with E-state index >= 15 is 0 Å². The minimum Gasteiger partial charge on any atom is -0.335 e. The Morgan fingerprint density at radius 2 is 1.73 bits per heavy atom. The van der Waals surface area contributed by atoms with Gasteiger partial charge in [-0.2, -0.15) is 13.2 Å². The number of hydrogen-bond acceptors (Lipinski definition) is 5. The molecule has 1 amide bonds. The lowest BCUT2D eigenvalue weighted by atomic mass is 10.1. The minimum absolute atomic E-state index is 0.162. The van der Waals surface area contributed by atoms with Crippen molar-refractivity contribution in [2.24, 2.45) is 0 Å². The zero-order chi connectivity index (χ0) is 21.3. The Labute approximate surface area is 168 Å². The zero-order valence-corrected chi connectivity index (χ0v) is 15.6. The number of benzene rings is 2. The van der Waals surface area contributed by atoms with Crippen LogP contribution in [0.25, 0.3) is 22.4 Å². The third-order valence-corrected chi connectivity index (χ3v) is 4.47. The van der Waals surface area contributed by atoms with Crippen molar-refractivity contribution in [2.45, 2.75) is 13.1 Å². The molecule has 0 atom stereocenters. The number of hydrazine groups is 1. The van der Waals surface area contributed by atoms with Crippen LogP contribution in [-0.4, -0.2) is 16.0 Å². The number of pyridine rings is 1. The fourth-order valence-corrected chi connectivity index (χ4v) is 3.06. The van der Waals surface area contributed by atoms with Crippen molar-refractivity contribution < 1.29 is 22.5 Å². The van der Waals surface area contributed by atoms with E-state index in [0.29, 0.717) is 16.8 Å². The Balaban J connectivity index is 1.69. The molecule has 4 aromatic rings. The molecule has 0 spiro atoms. The van der Waals surface area contributed by atoms with Crippen LogP contribution in [0, 0.1) is 6.92 Å². The fourth-order valence-electron chi connectivity index (χ4n) is 3.06. The number of aromatic nitrogens is 2. The highest BCUT2D eigenvalue weighted by atomic mass is 19.4. The number of carbonyl (C=O) groups is 1. The molecule has 9 heteroatoms. The number of para-hydroxylation sites is 1. The van der Waals surface area contributed by atoms with Gasteiger partial charge >= 0.3 is 6.18 Å². The van der Waals surface area contributed by atoms with Crippen molar-refractivity contribution in [3.63, 3.8) is 0 Å². The molecule has 0 saturated heterocycles. The Morgan fingerprint density at radius 3 is 2.47 bits per heavy atom. The number of hydrogen-bond donors (Lipinski definition) is 2. The van der Waals surface area contributed by atoms with Gasteiger partial charge in [0.1, 0.15) is 0 Å². The van der Waals surface area contributed by atoms with Gasteiger partial charge in [-0.3, -0.25) is 15.6 Å². The lowest BCUT2D eigenvalue weighted by Crippen LogP contribution is -2.30. The standard InChI is InChI=1S/C21H15F3N4O2/c1-12-18-14(11-17(25-20(18)30-28-12)13-7-3-2-4-8-13)19(29)27-26-16-10-6-5-9-15(16)21(22,23)24/h2-11,26H,1H3,(H,27,29). The molecule has 0 aliphatic carbocycles. The number of halogens is 3. The molecule has 2 aromatic carbocycles. The molecule has 0 unspecified atom stereocenters. The number of nitrogens with one attached hydrogen (secondary N) is 2. The molecular formula is C21H15F3N4O2. The molecule has 152 valence electrons. The minimum atomic E-state index is -4.57. The molecular weight excluding hydrogens is 397 g/mol. The summed E-state index contributed by atoms with van der Waals surface area (Å²) in [6.07, 6.45) is -4.57. The highest BCUT2D eigenvalue weighted by Crippen LogP contribution is 2.34. The first-order valence-corrected chi connectivity index (χ1v) is 8.89. The number of anilines is 1. The predicted molar refractivity (Wildman–Crippen MR) is 105 cm³/mol. The summed E-state index contributed by atoms with van der Waals surface area (Å²) in [4.78, 5) is 17.3. The van der Waals surface area contributed by atoms with Gasteiger partial charge in [0.25, 0.3) is 11.6 Å². The van der Waals surface area contributed by atoms with E-state index in [0.717, 1.165) is 11.6 Å². The van der Waals surface area contributed by atoms with Crippen LogP contribution in [0.4, 0.5) is 18.9 Å². The zero-order valence-electron chi connectivity index (χ0n) is 15.6. The molecule has 0 aliphatic rings. The summed E-state index contributed by atoms with van der Waals surface area (Å²) in [5, 5.41) is 4.24. The first kappa shape index (κ1) is 19.4. The Bertz CT molecular complexity index is 1220. The normalized spacial score (nSPS) is 11.5. The van der Waals surface area contributed by atoms with Crippen LogP contribution in [0.2, 0.25) is 0 Å². The van der Waals surface area contributed by atoms with E-state index in [1.807, 2.05) is 30.3 Å². The van der Waals surface area contributed by atoms with E-state index < -0.39 is 17.6 Å². The van der Waals surface area contributed by atoms with E-state index in [-0.39, 0.29) is 17.0 Å². The SMILES string of the molecule is Cc1noc2nc(-c3ccccc3)cc(C(=O)NNc3ccccc3C(F)(F)F)c12. The molecule has 4 rings (SSSR count). The summed E-state index contributed by atoms with van der Waals surface area (Å²) in [6.45, 7) is 1.65. The second-order valence-corrected chi connectivity index (χ2v) is 6.49. The van der Waals surface area contributed by atoms with E-state index in [4.69, 9.17) is 4.52 Å². The average Bonchev–Trinajstić information content (AvgIpc) is 3.12. The number of aryl methyl sites for hydroxylation is 1. The quantitative estimate of drug-likeness (QED) is 0.463. The average molecular weight is 412 g/mol. The van der Waals surface area contributed by atoms with Gasteiger partial charge in [0.2, 0.25) is 0 Å². The van der Waals surface area contributed by atoms with Crippen molar-refractivity contribution in [2.75, 3.05) is 5.43 Å². The topological polar surface area (TPSA) is 80.0 Å². The van der Waals surface area contributed by atoms with Gasteiger partial charge in [-0.25, -0.2) is 4.98 Å². The molecule has 0 saturated carbocycles. The summed E-state index contributed by atoms with van der Waals surface area (Å²) in [5.74, 6) is -0.650. The summed E-state index contributed by atoms with van der Waals surface area (Å²) < 4.78 is 44.7. The van der Waals surface area contributed by atoms with Crippen LogP contribution < -0.4 is 10.9 Å². The molecule has 0 aliphatic heterocycles. The predicted octanol–water partition coefficient (Wildman–Crippen LogP) is 4.97. The third kappa shape index (κ3) is 3.69. The van der Waals surface area contributed by atoms with Crippen LogP contribution >= 0.6 is 0 Å². The molecule has 0 fully saturated rings. The van der Waals surface area contributed by atoms with Gasteiger partial charge in [-0.05, 0) is 25.1 Å². The summed E-state index contributed by atoms with van der Waals surface area (Å²) in [7, 11) is 0. The van der Waals surface area contributed by atoms with Crippen molar-refractivity contribution >= 4 is 22.7 Å². The first-order chi connectivity index (χ1) is 14.3. The highest BCUT2D eigenvalue weighted by Gasteiger charge is 2.33. The fraction of sp³-hybridized carbons (Fsp3) is 0.0952. The number of carbonyl (C=O) groups excluding carboxylic acids is 1. The largest absolute Gasteiger partial charge is 0.418 e. The summed E-state index contributed by atoms with van der Waals surface area (Å²) in [5.41, 5.74) is 5.53. The smallest absolute Gasteiger partial charge is 0.335 e. The maximum absolute atomic E-state index is 13.2. The van der Waals surface area contributed by atoms with Crippen molar-refractivity contribution in [1.29, 1.82) is 0 Å². The van der Waals surface area contributed by atoms with Gasteiger partial charge in [0, 0.05) is 5.56 Å². The number of alkyl halides is 3. The van der Waals surface area contributed by atoms with Gasteiger partial charge in [-0.15, -0.1) is 0 Å². The number of fused-ring (bicyclic) bond motifs is 1. The number of amides is 1. The van der Waals surface area contributed by atoms with Crippen molar-refractivity contribution in [3.8, 4) is 11.3 Å². The van der Waals surface area contributed by atoms with Crippen LogP contribution in [0.3, 0.4) is 0 Å². The van der Waals surface area contributed by atoms with Gasteiger partial charge < -0.3 is 4.52 Å². The molecule has 0 bridgehead atoms. The van der Waals surface area contributed by atoms with Gasteiger partial charge in [-0.1, -0.05) is 47.6 Å². The van der Waals surface area contributed by atoms with Gasteiger partial charge in [0.05, 0.1) is 33.6 Å². The first-order valence-electron chi connectivity index (χ1n) is 8.89. The molecule has 2 N–H and O–H groups in total. The maximum Gasteiger partial charge on any atom is 0.418 e. The van der Waals surface area contributed by atoms with Crippen LogP contribution in [0.15, 0.2) is 65.2 Å². The second-order valence-electron chi connectivity index (χ2n) is 6.49. The van der Waals surface area contributed by atoms with Crippen LogP contribution in [0.1, 0.15) is 21.6 Å². The lowest BCUT2D eigenvalue weighted by molar-refractivity contribution is -0.137. The van der Waals surface area contributed by atoms with E-state index in [1.165, 1.54) is 18.2 Å². The van der Waals surface area contributed by atoms with Gasteiger partial charge in [0.15, 0.2) is 0 Å². The summed E-state index contributed by atoms with van der Waals surface area (Å²) >= 11 is 0. The highest BCUT2D eigenvalue weighted by molar-refractivity contribution is 6.07. The molecule has 2 aromatic heterocycles. The Hall–Kier alpha value is -3.88. The second kappa shape index (κ2) is 7.51. The number of rotatable bonds is 4. The number of nitrogens with zero attached hydrogens (tertiary/aromatic N) is 2. The van der Waals surface area contributed by atoms with E-state index in [2.05, 4.69) is 21.0 Å². The van der Waals surface area contributed by atoms with Crippen LogP contribution in [-0.2, 0) is 6.18 Å². The summed E-state index contributed by atoms with van der Waals surface area (Å²) in [6, 6.07) is 15.5. The third-order valence-electron chi connectivity index (χ3n) is 4.47.